The quantitative estimate of drug-likeness (QED) is 0.862. The van der Waals surface area contributed by atoms with Crippen LogP contribution in [0.3, 0.4) is 0 Å². The van der Waals surface area contributed by atoms with Crippen molar-refractivity contribution in [1.82, 2.24) is 5.32 Å². The molecule has 0 atom stereocenters. The van der Waals surface area contributed by atoms with Crippen LogP contribution in [0.25, 0.3) is 11.0 Å². The van der Waals surface area contributed by atoms with E-state index in [2.05, 4.69) is 5.32 Å². The summed E-state index contributed by atoms with van der Waals surface area (Å²) in [6.07, 6.45) is 4.72. The molecule has 1 aliphatic rings. The van der Waals surface area contributed by atoms with Gasteiger partial charge in [0.05, 0.1) is 6.26 Å². The first-order valence-electron chi connectivity index (χ1n) is 6.20. The molecule has 1 aliphatic heterocycles. The van der Waals surface area contributed by atoms with Gasteiger partial charge >= 0.3 is 0 Å². The van der Waals surface area contributed by atoms with Gasteiger partial charge in [-0.1, -0.05) is 0 Å². The molecule has 1 aromatic heterocycles. The van der Waals surface area contributed by atoms with E-state index in [0.717, 1.165) is 48.9 Å². The third-order valence-corrected chi connectivity index (χ3v) is 3.64. The van der Waals surface area contributed by atoms with Gasteiger partial charge in [0.1, 0.15) is 11.4 Å². The lowest BCUT2D eigenvalue weighted by atomic mass is 9.89. The van der Waals surface area contributed by atoms with Crippen LogP contribution in [0.2, 0.25) is 0 Å². The minimum Gasteiger partial charge on any atom is -0.464 e. The second-order valence-electron chi connectivity index (χ2n) is 4.76. The van der Waals surface area contributed by atoms with Crippen molar-refractivity contribution in [3.8, 4) is 0 Å². The summed E-state index contributed by atoms with van der Waals surface area (Å²) >= 11 is 0. The molecule has 0 aliphatic carbocycles. The highest BCUT2D eigenvalue weighted by Crippen LogP contribution is 2.27. The van der Waals surface area contributed by atoms with Gasteiger partial charge in [-0.05, 0) is 62.0 Å². The Balaban J connectivity index is 1.92. The fraction of sp³-hybridized carbons (Fsp3) is 0.429. The molecule has 3 rings (SSSR count). The van der Waals surface area contributed by atoms with Gasteiger partial charge < -0.3 is 9.73 Å². The molecule has 1 aromatic carbocycles. The summed E-state index contributed by atoms with van der Waals surface area (Å²) in [7, 11) is 0. The standard InChI is InChI=1S/C14H16FNO/c15-13-1-2-14-11(5-8-17-14)12(13)9-10-3-6-16-7-4-10/h1-2,5,8,10,16H,3-4,6-7,9H2. The molecule has 17 heavy (non-hydrogen) atoms. The van der Waals surface area contributed by atoms with Gasteiger partial charge in [0, 0.05) is 5.39 Å². The molecule has 0 bridgehead atoms. The van der Waals surface area contributed by atoms with Gasteiger partial charge in [-0.3, -0.25) is 0 Å². The number of fused-ring (bicyclic) bond motifs is 1. The molecule has 0 radical (unpaired) electrons. The molecule has 3 heteroatoms. The van der Waals surface area contributed by atoms with E-state index < -0.39 is 0 Å². The van der Waals surface area contributed by atoms with E-state index in [-0.39, 0.29) is 5.82 Å². The number of furan rings is 1. The Hall–Kier alpha value is -1.35. The number of nitrogens with one attached hydrogen (secondary N) is 1. The van der Waals surface area contributed by atoms with Crippen molar-refractivity contribution >= 4 is 11.0 Å². The Morgan fingerprint density at radius 1 is 1.24 bits per heavy atom. The first-order valence-corrected chi connectivity index (χ1v) is 6.20. The molecule has 1 saturated heterocycles. The number of halogens is 1. The maximum atomic E-state index is 13.9. The lowest BCUT2D eigenvalue weighted by molar-refractivity contribution is 0.369. The molecular formula is C14H16FNO. The van der Waals surface area contributed by atoms with Gasteiger partial charge in [-0.25, -0.2) is 4.39 Å². The highest BCUT2D eigenvalue weighted by Gasteiger charge is 2.18. The molecular weight excluding hydrogens is 217 g/mol. The maximum Gasteiger partial charge on any atom is 0.134 e. The van der Waals surface area contributed by atoms with Crippen molar-refractivity contribution in [3.63, 3.8) is 0 Å². The molecule has 2 nitrogen and oxygen atoms in total. The average Bonchev–Trinajstić information content (AvgIpc) is 2.83. The normalized spacial score (nSPS) is 17.7. The number of piperidine rings is 1. The Kier molecular flexibility index (Phi) is 2.85. The van der Waals surface area contributed by atoms with E-state index in [4.69, 9.17) is 4.42 Å². The Bertz CT molecular complexity index is 514. The molecule has 90 valence electrons. The Morgan fingerprint density at radius 3 is 2.88 bits per heavy atom. The predicted molar refractivity (Wildman–Crippen MR) is 65.5 cm³/mol. The number of hydrogen-bond acceptors (Lipinski definition) is 2. The summed E-state index contributed by atoms with van der Waals surface area (Å²) in [5.74, 6) is 0.490. The van der Waals surface area contributed by atoms with Crippen LogP contribution in [0.5, 0.6) is 0 Å². The van der Waals surface area contributed by atoms with Crippen LogP contribution in [-0.4, -0.2) is 13.1 Å². The largest absolute Gasteiger partial charge is 0.464 e. The van der Waals surface area contributed by atoms with Gasteiger partial charge in [-0.2, -0.15) is 0 Å². The number of hydrogen-bond donors (Lipinski definition) is 1. The smallest absolute Gasteiger partial charge is 0.134 e. The van der Waals surface area contributed by atoms with E-state index in [9.17, 15) is 4.39 Å². The van der Waals surface area contributed by atoms with Gasteiger partial charge in [-0.15, -0.1) is 0 Å². The fourth-order valence-corrected chi connectivity index (χ4v) is 2.66. The first-order chi connectivity index (χ1) is 8.34. The molecule has 0 spiro atoms. The van der Waals surface area contributed by atoms with Crippen molar-refractivity contribution in [2.24, 2.45) is 5.92 Å². The predicted octanol–water partition coefficient (Wildman–Crippen LogP) is 3.11. The number of benzene rings is 1. The maximum absolute atomic E-state index is 13.9. The summed E-state index contributed by atoms with van der Waals surface area (Å²) in [5, 5.41) is 4.27. The second kappa shape index (κ2) is 4.49. The van der Waals surface area contributed by atoms with Crippen molar-refractivity contribution in [1.29, 1.82) is 0 Å². The third-order valence-electron chi connectivity index (χ3n) is 3.64. The fourth-order valence-electron chi connectivity index (χ4n) is 2.66. The Morgan fingerprint density at radius 2 is 2.06 bits per heavy atom. The van der Waals surface area contributed by atoms with Crippen molar-refractivity contribution in [2.75, 3.05) is 13.1 Å². The van der Waals surface area contributed by atoms with Crippen molar-refractivity contribution < 1.29 is 8.81 Å². The topological polar surface area (TPSA) is 25.2 Å². The highest BCUT2D eigenvalue weighted by molar-refractivity contribution is 5.81. The van der Waals surface area contributed by atoms with Crippen LogP contribution in [0.4, 0.5) is 4.39 Å². The monoisotopic (exact) mass is 233 g/mol. The number of rotatable bonds is 2. The summed E-state index contributed by atoms with van der Waals surface area (Å²) in [4.78, 5) is 0. The van der Waals surface area contributed by atoms with E-state index >= 15 is 0 Å². The average molecular weight is 233 g/mol. The van der Waals surface area contributed by atoms with Crippen LogP contribution >= 0.6 is 0 Å². The lowest BCUT2D eigenvalue weighted by Crippen LogP contribution is -2.28. The second-order valence-corrected chi connectivity index (χ2v) is 4.76. The zero-order valence-corrected chi connectivity index (χ0v) is 9.71. The molecule has 0 saturated carbocycles. The van der Waals surface area contributed by atoms with Gasteiger partial charge in [0.25, 0.3) is 0 Å². The zero-order valence-electron chi connectivity index (χ0n) is 9.71. The van der Waals surface area contributed by atoms with E-state index in [1.807, 2.05) is 6.07 Å². The van der Waals surface area contributed by atoms with E-state index in [1.165, 1.54) is 6.07 Å². The molecule has 0 unspecified atom stereocenters. The van der Waals surface area contributed by atoms with E-state index in [1.54, 1.807) is 12.3 Å². The van der Waals surface area contributed by atoms with Gasteiger partial charge in [0.15, 0.2) is 0 Å². The molecule has 2 aromatic rings. The van der Waals surface area contributed by atoms with Crippen LogP contribution in [0, 0.1) is 11.7 Å². The van der Waals surface area contributed by atoms with E-state index in [0.29, 0.717) is 5.92 Å². The first kappa shape index (κ1) is 10.8. The van der Waals surface area contributed by atoms with Crippen LogP contribution in [0.1, 0.15) is 18.4 Å². The molecule has 1 N–H and O–H groups in total. The summed E-state index contributed by atoms with van der Waals surface area (Å²) < 4.78 is 19.2. The van der Waals surface area contributed by atoms with Crippen LogP contribution < -0.4 is 5.32 Å². The SMILES string of the molecule is Fc1ccc2occc2c1CC1CCNCC1. The molecule has 2 heterocycles. The molecule has 0 amide bonds. The van der Waals surface area contributed by atoms with Crippen molar-refractivity contribution in [2.45, 2.75) is 19.3 Å². The minimum absolute atomic E-state index is 0.0996. The van der Waals surface area contributed by atoms with Crippen LogP contribution in [0.15, 0.2) is 28.9 Å². The zero-order chi connectivity index (χ0) is 11.7. The third kappa shape index (κ3) is 2.07. The Labute approximate surface area is 99.8 Å². The van der Waals surface area contributed by atoms with Crippen LogP contribution in [-0.2, 0) is 6.42 Å². The summed E-state index contributed by atoms with van der Waals surface area (Å²) in [5.41, 5.74) is 1.61. The highest BCUT2D eigenvalue weighted by atomic mass is 19.1. The minimum atomic E-state index is -0.0996. The summed E-state index contributed by atoms with van der Waals surface area (Å²) in [6.45, 7) is 2.10. The van der Waals surface area contributed by atoms with Gasteiger partial charge in [0.2, 0.25) is 0 Å². The molecule has 1 fully saturated rings. The van der Waals surface area contributed by atoms with Crippen molar-refractivity contribution in [3.05, 3.63) is 35.8 Å². The lowest BCUT2D eigenvalue weighted by Gasteiger charge is -2.22. The summed E-state index contributed by atoms with van der Waals surface area (Å²) in [6, 6.07) is 5.09.